The summed E-state index contributed by atoms with van der Waals surface area (Å²) < 4.78 is 0. The Hall–Kier alpha value is -0.0800. The van der Waals surface area contributed by atoms with Gasteiger partial charge in [-0.05, 0) is 26.4 Å². The van der Waals surface area contributed by atoms with Crippen molar-refractivity contribution in [3.05, 3.63) is 0 Å². The molecular weight excluding hydrogens is 100 g/mol. The van der Waals surface area contributed by atoms with Gasteiger partial charge in [-0.15, -0.1) is 0 Å². The Morgan fingerprint density at radius 3 is 2.38 bits per heavy atom. The quantitative estimate of drug-likeness (QED) is 0.555. The zero-order valence-corrected chi connectivity index (χ0v) is 5.78. The highest BCUT2D eigenvalue weighted by Crippen LogP contribution is 1.92. The second-order valence-electron chi connectivity index (χ2n) is 1.97. The predicted octanol–water partition coefficient (Wildman–Crippen LogP) is 0.333. The highest BCUT2D eigenvalue weighted by Gasteiger charge is 1.97. The molecule has 0 aliphatic rings. The molecule has 0 radical (unpaired) electrons. The second kappa shape index (κ2) is 5.06. The molecule has 0 aromatic heterocycles. The minimum absolute atomic E-state index is 0.625. The van der Waals surface area contributed by atoms with Gasteiger partial charge in [-0.3, -0.25) is 0 Å². The van der Waals surface area contributed by atoms with E-state index in [1.165, 1.54) is 6.42 Å². The fourth-order valence-corrected chi connectivity index (χ4v) is 0.754. The van der Waals surface area contributed by atoms with E-state index in [1.54, 1.807) is 0 Å². The average molecular weight is 116 g/mol. The van der Waals surface area contributed by atoms with Crippen molar-refractivity contribution in [1.29, 1.82) is 0 Å². The average Bonchev–Trinajstić information content (AvgIpc) is 1.83. The molecule has 0 amide bonds. The normalized spacial score (nSPS) is 13.9. The van der Waals surface area contributed by atoms with Crippen molar-refractivity contribution in [3.63, 3.8) is 0 Å². The molecule has 0 aliphatic carbocycles. The Morgan fingerprint density at radius 1 is 1.62 bits per heavy atom. The van der Waals surface area contributed by atoms with E-state index in [0.717, 1.165) is 13.0 Å². The first kappa shape index (κ1) is 7.92. The number of hydrogen-bond acceptors (Lipinski definition) is 2. The van der Waals surface area contributed by atoms with Crippen LogP contribution < -0.4 is 11.1 Å². The van der Waals surface area contributed by atoms with Gasteiger partial charge in [0.15, 0.2) is 0 Å². The van der Waals surface area contributed by atoms with E-state index < -0.39 is 0 Å². The van der Waals surface area contributed by atoms with Crippen LogP contribution in [0.25, 0.3) is 0 Å². The first-order valence-electron chi connectivity index (χ1n) is 3.22. The number of nitrogens with two attached hydrogens (primary N) is 1. The Balaban J connectivity index is 3.07. The minimum atomic E-state index is 0.625. The third-order valence-electron chi connectivity index (χ3n) is 1.42. The van der Waals surface area contributed by atoms with Gasteiger partial charge in [0.25, 0.3) is 0 Å². The standard InChI is InChI=1S/C6H16N2/c1-3-6(8-2)4-5-7/h6,8H,3-5,7H2,1-2H3. The zero-order valence-electron chi connectivity index (χ0n) is 5.78. The van der Waals surface area contributed by atoms with Gasteiger partial charge in [0, 0.05) is 6.04 Å². The van der Waals surface area contributed by atoms with Crippen LogP contribution >= 0.6 is 0 Å². The minimum Gasteiger partial charge on any atom is -0.330 e. The van der Waals surface area contributed by atoms with Gasteiger partial charge in [-0.25, -0.2) is 0 Å². The largest absolute Gasteiger partial charge is 0.330 e. The lowest BCUT2D eigenvalue weighted by molar-refractivity contribution is 0.515. The SMILES string of the molecule is CCC(CCN)NC. The molecule has 1 unspecified atom stereocenters. The van der Waals surface area contributed by atoms with Gasteiger partial charge in [-0.2, -0.15) is 0 Å². The monoisotopic (exact) mass is 116 g/mol. The maximum absolute atomic E-state index is 5.34. The van der Waals surface area contributed by atoms with E-state index in [9.17, 15) is 0 Å². The van der Waals surface area contributed by atoms with Gasteiger partial charge in [0.05, 0.1) is 0 Å². The summed E-state index contributed by atoms with van der Waals surface area (Å²) >= 11 is 0. The molecule has 1 atom stereocenters. The smallest absolute Gasteiger partial charge is 0.00734 e. The molecule has 0 heterocycles. The van der Waals surface area contributed by atoms with E-state index in [4.69, 9.17) is 5.73 Å². The molecule has 0 aliphatic heterocycles. The van der Waals surface area contributed by atoms with Crippen LogP contribution in [0.3, 0.4) is 0 Å². The third-order valence-corrected chi connectivity index (χ3v) is 1.42. The molecule has 3 N–H and O–H groups in total. The van der Waals surface area contributed by atoms with Gasteiger partial charge in [-0.1, -0.05) is 6.92 Å². The lowest BCUT2D eigenvalue weighted by Gasteiger charge is -2.10. The Morgan fingerprint density at radius 2 is 2.25 bits per heavy atom. The van der Waals surface area contributed by atoms with Gasteiger partial charge in [0.1, 0.15) is 0 Å². The third kappa shape index (κ3) is 2.99. The summed E-state index contributed by atoms with van der Waals surface area (Å²) in [6.07, 6.45) is 2.26. The summed E-state index contributed by atoms with van der Waals surface area (Å²) in [6.45, 7) is 2.95. The topological polar surface area (TPSA) is 38.0 Å². The van der Waals surface area contributed by atoms with Crippen molar-refractivity contribution in [2.75, 3.05) is 13.6 Å². The second-order valence-corrected chi connectivity index (χ2v) is 1.97. The van der Waals surface area contributed by atoms with Crippen molar-refractivity contribution in [2.45, 2.75) is 25.8 Å². The van der Waals surface area contributed by atoms with Crippen molar-refractivity contribution in [2.24, 2.45) is 5.73 Å². The van der Waals surface area contributed by atoms with Crippen molar-refractivity contribution < 1.29 is 0 Å². The number of rotatable bonds is 4. The molecule has 50 valence electrons. The van der Waals surface area contributed by atoms with Crippen molar-refractivity contribution in [1.82, 2.24) is 5.32 Å². The van der Waals surface area contributed by atoms with E-state index >= 15 is 0 Å². The molecule has 2 nitrogen and oxygen atoms in total. The van der Waals surface area contributed by atoms with Crippen LogP contribution in [0.5, 0.6) is 0 Å². The van der Waals surface area contributed by atoms with Gasteiger partial charge in [0.2, 0.25) is 0 Å². The Bertz CT molecular complexity index is 41.8. The molecule has 0 bridgehead atoms. The highest BCUT2D eigenvalue weighted by atomic mass is 14.9. The number of nitrogens with one attached hydrogen (secondary N) is 1. The molecule has 0 spiro atoms. The summed E-state index contributed by atoms with van der Waals surface area (Å²) in [5, 5.41) is 3.17. The fraction of sp³-hybridized carbons (Fsp3) is 1.00. The van der Waals surface area contributed by atoms with Crippen LogP contribution in [-0.2, 0) is 0 Å². The van der Waals surface area contributed by atoms with E-state index in [2.05, 4.69) is 12.2 Å². The van der Waals surface area contributed by atoms with Crippen LogP contribution in [0.15, 0.2) is 0 Å². The van der Waals surface area contributed by atoms with Crippen LogP contribution in [0, 0.1) is 0 Å². The molecule has 0 fully saturated rings. The highest BCUT2D eigenvalue weighted by molar-refractivity contribution is 4.60. The summed E-state index contributed by atoms with van der Waals surface area (Å²) in [5.74, 6) is 0. The Labute approximate surface area is 51.5 Å². The lowest BCUT2D eigenvalue weighted by Crippen LogP contribution is -2.26. The van der Waals surface area contributed by atoms with E-state index in [-0.39, 0.29) is 0 Å². The molecule has 2 heteroatoms. The summed E-state index contributed by atoms with van der Waals surface area (Å²) in [7, 11) is 1.98. The maximum Gasteiger partial charge on any atom is 0.00734 e. The van der Waals surface area contributed by atoms with Crippen LogP contribution in [-0.4, -0.2) is 19.6 Å². The molecule has 0 saturated heterocycles. The van der Waals surface area contributed by atoms with Crippen LogP contribution in [0.1, 0.15) is 19.8 Å². The van der Waals surface area contributed by atoms with Crippen molar-refractivity contribution >= 4 is 0 Å². The first-order valence-corrected chi connectivity index (χ1v) is 3.22. The fourth-order valence-electron chi connectivity index (χ4n) is 0.754. The summed E-state index contributed by atoms with van der Waals surface area (Å²) in [5.41, 5.74) is 5.34. The maximum atomic E-state index is 5.34. The zero-order chi connectivity index (χ0) is 6.41. The van der Waals surface area contributed by atoms with Crippen molar-refractivity contribution in [3.8, 4) is 0 Å². The number of hydrogen-bond donors (Lipinski definition) is 2. The molecule has 8 heavy (non-hydrogen) atoms. The summed E-state index contributed by atoms with van der Waals surface area (Å²) in [6, 6.07) is 0.625. The Kier molecular flexibility index (Phi) is 5.01. The molecule has 0 aromatic rings. The molecular formula is C6H16N2. The van der Waals surface area contributed by atoms with Gasteiger partial charge >= 0.3 is 0 Å². The summed E-state index contributed by atoms with van der Waals surface area (Å²) in [4.78, 5) is 0. The first-order chi connectivity index (χ1) is 3.85. The van der Waals surface area contributed by atoms with E-state index in [1.807, 2.05) is 7.05 Å². The predicted molar refractivity (Wildman–Crippen MR) is 36.8 cm³/mol. The van der Waals surface area contributed by atoms with E-state index in [0.29, 0.717) is 6.04 Å². The van der Waals surface area contributed by atoms with Crippen LogP contribution in [0.2, 0.25) is 0 Å². The van der Waals surface area contributed by atoms with Crippen LogP contribution in [0.4, 0.5) is 0 Å². The molecule has 0 rings (SSSR count). The molecule has 0 aromatic carbocycles. The van der Waals surface area contributed by atoms with Gasteiger partial charge < -0.3 is 11.1 Å². The molecule has 0 saturated carbocycles. The lowest BCUT2D eigenvalue weighted by atomic mass is 10.1.